The third-order valence-electron chi connectivity index (χ3n) is 3.66. The molecule has 0 heterocycles. The van der Waals surface area contributed by atoms with Crippen molar-refractivity contribution in [3.05, 3.63) is 58.1 Å². The van der Waals surface area contributed by atoms with Crippen LogP contribution in [0, 0.1) is 13.8 Å². The Balaban J connectivity index is 2.46. The summed E-state index contributed by atoms with van der Waals surface area (Å²) < 4.78 is 0. The molecule has 2 nitrogen and oxygen atoms in total. The standard InChI is InChI=1S/C18H23ClN2/c1-12-5-8-17(13(2)9-12)21(4)18-11-16(19)7-6-15(18)10-14(3)20/h5-9,11,14H,10,20H2,1-4H3. The highest BCUT2D eigenvalue weighted by Gasteiger charge is 2.13. The maximum absolute atomic E-state index is 6.19. The fourth-order valence-corrected chi connectivity index (χ4v) is 2.85. The van der Waals surface area contributed by atoms with Crippen LogP contribution in [0.2, 0.25) is 5.02 Å². The van der Waals surface area contributed by atoms with Crippen molar-refractivity contribution in [3.63, 3.8) is 0 Å². The molecule has 0 bridgehead atoms. The Kier molecular flexibility index (Phi) is 4.92. The highest BCUT2D eigenvalue weighted by atomic mass is 35.5. The fraction of sp³-hybridized carbons (Fsp3) is 0.333. The van der Waals surface area contributed by atoms with E-state index in [0.717, 1.165) is 17.1 Å². The SMILES string of the molecule is Cc1ccc(N(C)c2cc(Cl)ccc2CC(C)N)c(C)c1. The van der Waals surface area contributed by atoms with Gasteiger partial charge in [0, 0.05) is 29.5 Å². The van der Waals surface area contributed by atoms with Crippen molar-refractivity contribution < 1.29 is 0 Å². The summed E-state index contributed by atoms with van der Waals surface area (Å²) in [6.07, 6.45) is 0.835. The molecule has 2 rings (SSSR count). The van der Waals surface area contributed by atoms with E-state index >= 15 is 0 Å². The topological polar surface area (TPSA) is 29.3 Å². The Morgan fingerprint density at radius 1 is 1.10 bits per heavy atom. The molecule has 0 amide bonds. The first-order valence-electron chi connectivity index (χ1n) is 7.23. The molecular weight excluding hydrogens is 280 g/mol. The highest BCUT2D eigenvalue weighted by molar-refractivity contribution is 6.30. The van der Waals surface area contributed by atoms with E-state index in [1.165, 1.54) is 22.4 Å². The highest BCUT2D eigenvalue weighted by Crippen LogP contribution is 2.32. The lowest BCUT2D eigenvalue weighted by atomic mass is 10.0. The quantitative estimate of drug-likeness (QED) is 0.893. The monoisotopic (exact) mass is 302 g/mol. The molecule has 21 heavy (non-hydrogen) atoms. The van der Waals surface area contributed by atoms with Crippen molar-refractivity contribution in [3.8, 4) is 0 Å². The molecule has 1 atom stereocenters. The Labute approximate surface area is 132 Å². The summed E-state index contributed by atoms with van der Waals surface area (Å²) >= 11 is 6.19. The zero-order valence-electron chi connectivity index (χ0n) is 13.2. The first-order chi connectivity index (χ1) is 9.88. The number of anilines is 2. The minimum atomic E-state index is 0.123. The molecule has 0 saturated carbocycles. The Morgan fingerprint density at radius 2 is 1.81 bits per heavy atom. The average molecular weight is 303 g/mol. The van der Waals surface area contributed by atoms with Gasteiger partial charge in [-0.15, -0.1) is 0 Å². The van der Waals surface area contributed by atoms with Gasteiger partial charge in [0.15, 0.2) is 0 Å². The molecule has 0 fully saturated rings. The molecule has 2 aromatic carbocycles. The number of nitrogens with two attached hydrogens (primary N) is 1. The third-order valence-corrected chi connectivity index (χ3v) is 3.90. The molecule has 0 saturated heterocycles. The molecule has 0 radical (unpaired) electrons. The van der Waals surface area contributed by atoms with Gasteiger partial charge in [-0.25, -0.2) is 0 Å². The second kappa shape index (κ2) is 6.50. The second-order valence-electron chi connectivity index (χ2n) is 5.80. The lowest BCUT2D eigenvalue weighted by Gasteiger charge is -2.25. The van der Waals surface area contributed by atoms with Gasteiger partial charge in [-0.1, -0.05) is 35.4 Å². The third kappa shape index (κ3) is 3.78. The molecule has 1 unspecified atom stereocenters. The van der Waals surface area contributed by atoms with Gasteiger partial charge in [-0.2, -0.15) is 0 Å². The van der Waals surface area contributed by atoms with Crippen molar-refractivity contribution in [2.45, 2.75) is 33.2 Å². The summed E-state index contributed by atoms with van der Waals surface area (Å²) in [5.41, 5.74) is 12.0. The lowest BCUT2D eigenvalue weighted by molar-refractivity contribution is 0.737. The number of benzene rings is 2. The van der Waals surface area contributed by atoms with Crippen LogP contribution >= 0.6 is 11.6 Å². The molecule has 0 aliphatic carbocycles. The van der Waals surface area contributed by atoms with Crippen molar-refractivity contribution in [2.75, 3.05) is 11.9 Å². The zero-order chi connectivity index (χ0) is 15.6. The summed E-state index contributed by atoms with van der Waals surface area (Å²) in [5.74, 6) is 0. The number of hydrogen-bond acceptors (Lipinski definition) is 2. The molecule has 2 N–H and O–H groups in total. The molecule has 2 aromatic rings. The predicted octanol–water partition coefficient (Wildman–Crippen LogP) is 4.61. The van der Waals surface area contributed by atoms with Crippen molar-refractivity contribution >= 4 is 23.0 Å². The van der Waals surface area contributed by atoms with Gasteiger partial charge in [0.05, 0.1) is 0 Å². The molecule has 0 spiro atoms. The van der Waals surface area contributed by atoms with Gasteiger partial charge in [0.1, 0.15) is 0 Å². The lowest BCUT2D eigenvalue weighted by Crippen LogP contribution is -2.20. The zero-order valence-corrected chi connectivity index (χ0v) is 13.9. The summed E-state index contributed by atoms with van der Waals surface area (Å²) in [6, 6.07) is 12.6. The van der Waals surface area contributed by atoms with Crippen LogP contribution in [0.3, 0.4) is 0 Å². The van der Waals surface area contributed by atoms with E-state index in [-0.39, 0.29) is 6.04 Å². The largest absolute Gasteiger partial charge is 0.344 e. The first-order valence-corrected chi connectivity index (χ1v) is 7.61. The van der Waals surface area contributed by atoms with Crippen LogP contribution in [-0.4, -0.2) is 13.1 Å². The van der Waals surface area contributed by atoms with Crippen LogP contribution in [0.4, 0.5) is 11.4 Å². The summed E-state index contributed by atoms with van der Waals surface area (Å²) in [7, 11) is 2.08. The fourth-order valence-electron chi connectivity index (χ4n) is 2.68. The number of rotatable bonds is 4. The first kappa shape index (κ1) is 15.9. The molecular formula is C18H23ClN2. The van der Waals surface area contributed by atoms with Crippen LogP contribution in [0.15, 0.2) is 36.4 Å². The predicted molar refractivity (Wildman–Crippen MR) is 92.8 cm³/mol. The van der Waals surface area contributed by atoms with Crippen molar-refractivity contribution in [2.24, 2.45) is 5.73 Å². The molecule has 112 valence electrons. The van der Waals surface area contributed by atoms with Crippen LogP contribution in [0.1, 0.15) is 23.6 Å². The van der Waals surface area contributed by atoms with E-state index in [0.29, 0.717) is 0 Å². The Bertz CT molecular complexity index is 635. The average Bonchev–Trinajstić information content (AvgIpc) is 2.39. The molecule has 0 aliphatic rings. The summed E-state index contributed by atoms with van der Waals surface area (Å²) in [4.78, 5) is 2.19. The normalized spacial score (nSPS) is 12.3. The van der Waals surface area contributed by atoms with Gasteiger partial charge in [-0.3, -0.25) is 0 Å². The van der Waals surface area contributed by atoms with Gasteiger partial charge in [0.25, 0.3) is 0 Å². The van der Waals surface area contributed by atoms with Crippen LogP contribution < -0.4 is 10.6 Å². The van der Waals surface area contributed by atoms with E-state index in [4.69, 9.17) is 17.3 Å². The van der Waals surface area contributed by atoms with Gasteiger partial charge in [0.2, 0.25) is 0 Å². The van der Waals surface area contributed by atoms with E-state index in [2.05, 4.69) is 50.1 Å². The van der Waals surface area contributed by atoms with E-state index in [9.17, 15) is 0 Å². The van der Waals surface area contributed by atoms with Gasteiger partial charge >= 0.3 is 0 Å². The molecule has 0 aromatic heterocycles. The number of halogens is 1. The Morgan fingerprint density at radius 3 is 2.43 bits per heavy atom. The van der Waals surface area contributed by atoms with E-state index < -0.39 is 0 Å². The maximum Gasteiger partial charge on any atom is 0.0456 e. The van der Waals surface area contributed by atoms with Gasteiger partial charge < -0.3 is 10.6 Å². The summed E-state index contributed by atoms with van der Waals surface area (Å²) in [5, 5.41) is 0.745. The number of nitrogens with zero attached hydrogens (tertiary/aromatic N) is 1. The van der Waals surface area contributed by atoms with Crippen LogP contribution in [0.5, 0.6) is 0 Å². The Hall–Kier alpha value is -1.51. The minimum Gasteiger partial charge on any atom is -0.344 e. The van der Waals surface area contributed by atoms with Gasteiger partial charge in [-0.05, 0) is 56.5 Å². The molecule has 0 aliphatic heterocycles. The minimum absolute atomic E-state index is 0.123. The van der Waals surface area contributed by atoms with E-state index in [1.807, 2.05) is 19.1 Å². The van der Waals surface area contributed by atoms with Crippen molar-refractivity contribution in [1.29, 1.82) is 0 Å². The number of hydrogen-bond donors (Lipinski definition) is 1. The second-order valence-corrected chi connectivity index (χ2v) is 6.24. The summed E-state index contributed by atoms with van der Waals surface area (Å²) in [6.45, 7) is 6.27. The van der Waals surface area contributed by atoms with Crippen molar-refractivity contribution in [1.82, 2.24) is 0 Å². The maximum atomic E-state index is 6.19. The molecule has 3 heteroatoms. The van der Waals surface area contributed by atoms with Crippen LogP contribution in [-0.2, 0) is 6.42 Å². The smallest absolute Gasteiger partial charge is 0.0456 e. The van der Waals surface area contributed by atoms with E-state index in [1.54, 1.807) is 0 Å². The van der Waals surface area contributed by atoms with Crippen LogP contribution in [0.25, 0.3) is 0 Å². The number of aryl methyl sites for hydroxylation is 2.